The van der Waals surface area contributed by atoms with Crippen molar-refractivity contribution in [2.75, 3.05) is 26.9 Å². The van der Waals surface area contributed by atoms with Gasteiger partial charge >= 0.3 is 0 Å². The van der Waals surface area contributed by atoms with Crippen LogP contribution in [0.3, 0.4) is 0 Å². The van der Waals surface area contributed by atoms with Gasteiger partial charge < -0.3 is 20.1 Å². The zero-order chi connectivity index (χ0) is 15.8. The summed E-state index contributed by atoms with van der Waals surface area (Å²) in [5.41, 5.74) is 1.14. The molecule has 0 aromatic heterocycles. The number of hydrogen-bond donors (Lipinski definition) is 2. The van der Waals surface area contributed by atoms with Crippen molar-refractivity contribution in [3.63, 3.8) is 0 Å². The van der Waals surface area contributed by atoms with Gasteiger partial charge in [0.25, 0.3) is 0 Å². The number of benzene rings is 1. The molecule has 0 aliphatic heterocycles. The molecule has 2 atom stereocenters. The number of methoxy groups -OCH3 is 1. The average Bonchev–Trinajstić information content (AvgIpc) is 3.21. The molecule has 0 spiro atoms. The standard InChI is InChI=1S/C17H27N3O2/c1-4-18-17(20-16-10-13(16)2)19-12-14-6-5-7-15(11-14)22-9-8-21-3/h5-7,11,13,16H,4,8-10,12H2,1-3H3,(H2,18,19,20). The molecule has 22 heavy (non-hydrogen) atoms. The van der Waals surface area contributed by atoms with Crippen molar-refractivity contribution in [2.45, 2.75) is 32.9 Å². The van der Waals surface area contributed by atoms with E-state index in [0.29, 0.717) is 25.8 Å². The Morgan fingerprint density at radius 1 is 1.36 bits per heavy atom. The van der Waals surface area contributed by atoms with Crippen LogP contribution in [0.2, 0.25) is 0 Å². The van der Waals surface area contributed by atoms with Crippen LogP contribution < -0.4 is 15.4 Å². The maximum Gasteiger partial charge on any atom is 0.191 e. The maximum absolute atomic E-state index is 5.63. The Balaban J connectivity index is 1.89. The van der Waals surface area contributed by atoms with E-state index in [1.165, 1.54) is 6.42 Å². The third kappa shape index (κ3) is 5.56. The Bertz CT molecular complexity index is 491. The number of ether oxygens (including phenoxy) is 2. The van der Waals surface area contributed by atoms with Gasteiger partial charge in [-0.15, -0.1) is 0 Å². The molecule has 5 nitrogen and oxygen atoms in total. The lowest BCUT2D eigenvalue weighted by molar-refractivity contribution is 0.146. The van der Waals surface area contributed by atoms with Gasteiger partial charge in [-0.2, -0.15) is 0 Å². The van der Waals surface area contributed by atoms with E-state index in [1.54, 1.807) is 7.11 Å². The van der Waals surface area contributed by atoms with E-state index >= 15 is 0 Å². The number of nitrogens with zero attached hydrogens (tertiary/aromatic N) is 1. The summed E-state index contributed by atoms with van der Waals surface area (Å²) in [6.07, 6.45) is 1.23. The van der Waals surface area contributed by atoms with Crippen LogP contribution in [0, 0.1) is 5.92 Å². The van der Waals surface area contributed by atoms with Crippen molar-refractivity contribution in [3.05, 3.63) is 29.8 Å². The summed E-state index contributed by atoms with van der Waals surface area (Å²) in [7, 11) is 1.67. The smallest absolute Gasteiger partial charge is 0.191 e. The Morgan fingerprint density at radius 2 is 2.18 bits per heavy atom. The highest BCUT2D eigenvalue weighted by molar-refractivity contribution is 5.80. The fourth-order valence-electron chi connectivity index (χ4n) is 2.17. The van der Waals surface area contributed by atoms with Crippen molar-refractivity contribution in [1.29, 1.82) is 0 Å². The van der Waals surface area contributed by atoms with Crippen molar-refractivity contribution < 1.29 is 9.47 Å². The zero-order valence-electron chi connectivity index (χ0n) is 13.8. The van der Waals surface area contributed by atoms with Crippen LogP contribution in [-0.4, -0.2) is 38.9 Å². The molecule has 1 aromatic rings. The minimum absolute atomic E-state index is 0.562. The topological polar surface area (TPSA) is 54.9 Å². The molecular weight excluding hydrogens is 278 g/mol. The Kier molecular flexibility index (Phi) is 6.52. The second-order valence-electron chi connectivity index (χ2n) is 5.65. The quantitative estimate of drug-likeness (QED) is 0.439. The molecule has 0 radical (unpaired) electrons. The number of hydrogen-bond acceptors (Lipinski definition) is 3. The van der Waals surface area contributed by atoms with E-state index in [-0.39, 0.29) is 0 Å². The van der Waals surface area contributed by atoms with Crippen molar-refractivity contribution >= 4 is 5.96 Å². The molecule has 1 saturated carbocycles. The van der Waals surface area contributed by atoms with Crippen LogP contribution in [0.5, 0.6) is 5.75 Å². The van der Waals surface area contributed by atoms with Gasteiger partial charge in [-0.05, 0) is 37.0 Å². The van der Waals surface area contributed by atoms with Gasteiger partial charge in [0.1, 0.15) is 12.4 Å². The van der Waals surface area contributed by atoms with Crippen LogP contribution in [0.25, 0.3) is 0 Å². The fourth-order valence-corrected chi connectivity index (χ4v) is 2.17. The summed E-state index contributed by atoms with van der Waals surface area (Å²) in [6.45, 7) is 6.99. The Morgan fingerprint density at radius 3 is 2.86 bits per heavy atom. The molecule has 1 fully saturated rings. The van der Waals surface area contributed by atoms with Crippen LogP contribution >= 0.6 is 0 Å². The lowest BCUT2D eigenvalue weighted by Crippen LogP contribution is -2.39. The molecule has 122 valence electrons. The summed E-state index contributed by atoms with van der Waals surface area (Å²) in [5, 5.41) is 6.75. The normalized spacial score (nSPS) is 20.6. The third-order valence-electron chi connectivity index (χ3n) is 3.65. The monoisotopic (exact) mass is 305 g/mol. The SMILES string of the molecule is CCNC(=NCc1cccc(OCCOC)c1)NC1CC1C. The molecule has 2 unspecified atom stereocenters. The van der Waals surface area contributed by atoms with E-state index in [0.717, 1.165) is 29.7 Å². The molecular formula is C17H27N3O2. The van der Waals surface area contributed by atoms with Gasteiger partial charge in [-0.25, -0.2) is 4.99 Å². The first-order valence-electron chi connectivity index (χ1n) is 7.98. The first kappa shape index (κ1) is 16.6. The van der Waals surface area contributed by atoms with Crippen LogP contribution in [0.1, 0.15) is 25.8 Å². The van der Waals surface area contributed by atoms with Gasteiger partial charge in [0.15, 0.2) is 5.96 Å². The Labute approximate surface area is 133 Å². The minimum atomic E-state index is 0.562. The lowest BCUT2D eigenvalue weighted by atomic mass is 10.2. The lowest BCUT2D eigenvalue weighted by Gasteiger charge is -2.11. The van der Waals surface area contributed by atoms with Gasteiger partial charge in [0.05, 0.1) is 13.2 Å². The molecule has 0 heterocycles. The molecule has 2 rings (SSSR count). The van der Waals surface area contributed by atoms with Gasteiger partial charge in [0, 0.05) is 19.7 Å². The highest BCUT2D eigenvalue weighted by atomic mass is 16.5. The number of rotatable bonds is 8. The molecule has 1 aliphatic carbocycles. The van der Waals surface area contributed by atoms with E-state index in [9.17, 15) is 0 Å². The van der Waals surface area contributed by atoms with Gasteiger partial charge in [-0.1, -0.05) is 19.1 Å². The van der Waals surface area contributed by atoms with E-state index in [1.807, 2.05) is 18.2 Å². The molecule has 0 bridgehead atoms. The van der Waals surface area contributed by atoms with Crippen molar-refractivity contribution in [2.24, 2.45) is 10.9 Å². The average molecular weight is 305 g/mol. The summed E-state index contributed by atoms with van der Waals surface area (Å²) >= 11 is 0. The highest BCUT2D eigenvalue weighted by Gasteiger charge is 2.33. The second-order valence-corrected chi connectivity index (χ2v) is 5.65. The molecule has 5 heteroatoms. The third-order valence-corrected chi connectivity index (χ3v) is 3.65. The number of nitrogens with one attached hydrogen (secondary N) is 2. The van der Waals surface area contributed by atoms with Crippen molar-refractivity contribution in [1.82, 2.24) is 10.6 Å². The second kappa shape index (κ2) is 8.63. The fraction of sp³-hybridized carbons (Fsp3) is 0.588. The maximum atomic E-state index is 5.63. The van der Waals surface area contributed by atoms with Crippen LogP contribution in [-0.2, 0) is 11.3 Å². The molecule has 2 N–H and O–H groups in total. The molecule has 1 aliphatic rings. The largest absolute Gasteiger partial charge is 0.491 e. The van der Waals surface area contributed by atoms with Crippen LogP contribution in [0.4, 0.5) is 0 Å². The first-order chi connectivity index (χ1) is 10.7. The summed E-state index contributed by atoms with van der Waals surface area (Å²) in [4.78, 5) is 4.65. The Hall–Kier alpha value is -1.75. The van der Waals surface area contributed by atoms with Gasteiger partial charge in [-0.3, -0.25) is 0 Å². The predicted molar refractivity (Wildman–Crippen MR) is 89.3 cm³/mol. The zero-order valence-corrected chi connectivity index (χ0v) is 13.8. The van der Waals surface area contributed by atoms with E-state index in [2.05, 4.69) is 35.5 Å². The van der Waals surface area contributed by atoms with E-state index < -0.39 is 0 Å². The minimum Gasteiger partial charge on any atom is -0.491 e. The first-order valence-corrected chi connectivity index (χ1v) is 7.98. The van der Waals surface area contributed by atoms with Gasteiger partial charge in [0.2, 0.25) is 0 Å². The summed E-state index contributed by atoms with van der Waals surface area (Å²) in [5.74, 6) is 2.50. The van der Waals surface area contributed by atoms with E-state index in [4.69, 9.17) is 9.47 Å². The molecule has 0 saturated heterocycles. The van der Waals surface area contributed by atoms with Crippen molar-refractivity contribution in [3.8, 4) is 5.75 Å². The molecule has 1 aromatic carbocycles. The number of aliphatic imine (C=N–C) groups is 1. The van der Waals surface area contributed by atoms with Crippen LogP contribution in [0.15, 0.2) is 29.3 Å². The predicted octanol–water partition coefficient (Wildman–Crippen LogP) is 2.18. The summed E-state index contributed by atoms with van der Waals surface area (Å²) < 4.78 is 10.6. The highest BCUT2D eigenvalue weighted by Crippen LogP contribution is 2.28. The number of guanidine groups is 1. The molecule has 0 amide bonds. The summed E-state index contributed by atoms with van der Waals surface area (Å²) in [6, 6.07) is 8.62.